The van der Waals surface area contributed by atoms with Crippen LogP contribution in [0.15, 0.2) is 0 Å². The van der Waals surface area contributed by atoms with Gasteiger partial charge in [0.1, 0.15) is 0 Å². The third kappa shape index (κ3) is 2.98. The van der Waals surface area contributed by atoms with E-state index in [1.165, 1.54) is 6.42 Å². The summed E-state index contributed by atoms with van der Waals surface area (Å²) in [5.41, 5.74) is -5.20. The van der Waals surface area contributed by atoms with Crippen LogP contribution < -0.4 is 4.72 Å². The van der Waals surface area contributed by atoms with Crippen molar-refractivity contribution in [3.05, 3.63) is 0 Å². The molecule has 0 spiro atoms. The van der Waals surface area contributed by atoms with Crippen molar-refractivity contribution in [2.75, 3.05) is 6.54 Å². The van der Waals surface area contributed by atoms with Gasteiger partial charge in [0.15, 0.2) is 0 Å². The quantitative estimate of drug-likeness (QED) is 0.793. The second-order valence-electron chi connectivity index (χ2n) is 6.36. The summed E-state index contributed by atoms with van der Waals surface area (Å²) in [5.74, 6) is 3.42. The lowest BCUT2D eigenvalue weighted by molar-refractivity contribution is -0.0447. The molecule has 2 aliphatic carbocycles. The number of hydrogen-bond donors (Lipinski definition) is 1. The summed E-state index contributed by atoms with van der Waals surface area (Å²) < 4.78 is 59.7. The van der Waals surface area contributed by atoms with Gasteiger partial charge in [-0.05, 0) is 55.3 Å². The highest BCUT2D eigenvalue weighted by Crippen LogP contribution is 2.56. The van der Waals surface area contributed by atoms with Crippen LogP contribution in [0.4, 0.5) is 13.2 Å². The molecule has 0 heterocycles. The van der Waals surface area contributed by atoms with E-state index in [4.69, 9.17) is 0 Å². The molecule has 7 heteroatoms. The molecule has 1 N–H and O–H groups in total. The first-order valence-corrected chi connectivity index (χ1v) is 8.67. The minimum absolute atomic E-state index is 0.125. The number of halogens is 3. The lowest BCUT2D eigenvalue weighted by atomic mass is 9.74. The summed E-state index contributed by atoms with van der Waals surface area (Å²) in [6.07, 6.45) is 3.69. The SMILES string of the molecule is CC1C2CC(CCCNS(=O)(=O)C(F)(F)F)C(C2)C1C. The van der Waals surface area contributed by atoms with Gasteiger partial charge >= 0.3 is 15.5 Å². The van der Waals surface area contributed by atoms with E-state index in [2.05, 4.69) is 13.8 Å². The van der Waals surface area contributed by atoms with Gasteiger partial charge in [-0.1, -0.05) is 13.8 Å². The zero-order valence-corrected chi connectivity index (χ0v) is 12.6. The van der Waals surface area contributed by atoms with Gasteiger partial charge in [0.2, 0.25) is 0 Å². The van der Waals surface area contributed by atoms with Crippen molar-refractivity contribution in [1.29, 1.82) is 0 Å². The molecular weight excluding hydrogens is 291 g/mol. The zero-order valence-electron chi connectivity index (χ0n) is 11.8. The van der Waals surface area contributed by atoms with Crippen LogP contribution in [0.5, 0.6) is 0 Å². The maximum Gasteiger partial charge on any atom is 0.511 e. The molecule has 0 aromatic heterocycles. The van der Waals surface area contributed by atoms with E-state index in [1.54, 1.807) is 4.72 Å². The zero-order chi connectivity index (χ0) is 15.1. The summed E-state index contributed by atoms with van der Waals surface area (Å²) in [7, 11) is -5.17. The molecular formula is C13H22F3NO2S. The number of nitrogens with one attached hydrogen (secondary N) is 1. The summed E-state index contributed by atoms with van der Waals surface area (Å²) in [4.78, 5) is 0. The average Bonchev–Trinajstić information content (AvgIpc) is 2.85. The third-order valence-electron chi connectivity index (χ3n) is 5.38. The first-order valence-electron chi connectivity index (χ1n) is 7.19. The van der Waals surface area contributed by atoms with E-state index in [9.17, 15) is 21.6 Å². The molecule has 0 aromatic carbocycles. The molecule has 3 nitrogen and oxygen atoms in total. The second-order valence-corrected chi connectivity index (χ2v) is 8.12. The Morgan fingerprint density at radius 3 is 2.30 bits per heavy atom. The van der Waals surface area contributed by atoms with Crippen LogP contribution in [-0.2, 0) is 10.0 Å². The van der Waals surface area contributed by atoms with Crippen LogP contribution in [0.25, 0.3) is 0 Å². The maximum atomic E-state index is 12.1. The summed E-state index contributed by atoms with van der Waals surface area (Å²) >= 11 is 0. The van der Waals surface area contributed by atoms with Crippen molar-refractivity contribution < 1.29 is 21.6 Å². The fourth-order valence-electron chi connectivity index (χ4n) is 4.08. The highest BCUT2D eigenvalue weighted by Gasteiger charge is 2.48. The van der Waals surface area contributed by atoms with Gasteiger partial charge < -0.3 is 0 Å². The molecule has 2 saturated carbocycles. The lowest BCUT2D eigenvalue weighted by Crippen LogP contribution is -2.37. The van der Waals surface area contributed by atoms with Gasteiger partial charge in [0.25, 0.3) is 0 Å². The van der Waals surface area contributed by atoms with E-state index in [1.807, 2.05) is 0 Å². The molecule has 2 aliphatic rings. The smallest absolute Gasteiger partial charge is 0.207 e. The van der Waals surface area contributed by atoms with Crippen LogP contribution in [0.2, 0.25) is 0 Å². The van der Waals surface area contributed by atoms with Crippen LogP contribution in [0.1, 0.15) is 39.5 Å². The van der Waals surface area contributed by atoms with Crippen LogP contribution in [0, 0.1) is 29.6 Å². The summed E-state index contributed by atoms with van der Waals surface area (Å²) in [6, 6.07) is 0. The minimum Gasteiger partial charge on any atom is -0.207 e. The lowest BCUT2D eigenvalue weighted by Gasteiger charge is -2.31. The topological polar surface area (TPSA) is 46.2 Å². The highest BCUT2D eigenvalue weighted by atomic mass is 32.2. The first kappa shape index (κ1) is 16.1. The molecule has 0 amide bonds. The standard InChI is InChI=1S/C13H22F3NO2S/c1-8-9(2)12-7-11(8)6-10(12)4-3-5-17-20(18,19)13(14,15)16/h8-12,17H,3-7H2,1-2H3. The third-order valence-corrected chi connectivity index (χ3v) is 6.58. The van der Waals surface area contributed by atoms with E-state index in [0.29, 0.717) is 24.2 Å². The Kier molecular flexibility index (Phi) is 4.40. The fourth-order valence-corrected chi connectivity index (χ4v) is 4.66. The molecule has 0 aliphatic heterocycles. The minimum atomic E-state index is -5.20. The second kappa shape index (κ2) is 5.48. The van der Waals surface area contributed by atoms with Crippen LogP contribution in [-0.4, -0.2) is 20.5 Å². The Labute approximate surface area is 118 Å². The van der Waals surface area contributed by atoms with Crippen molar-refractivity contribution >= 4 is 10.0 Å². The predicted octanol–water partition coefficient (Wildman–Crippen LogP) is 3.13. The molecule has 5 atom stereocenters. The van der Waals surface area contributed by atoms with Crippen molar-refractivity contribution in [2.24, 2.45) is 29.6 Å². The van der Waals surface area contributed by atoms with E-state index in [0.717, 1.165) is 24.7 Å². The maximum absolute atomic E-state index is 12.1. The van der Waals surface area contributed by atoms with Gasteiger partial charge in [-0.15, -0.1) is 0 Å². The van der Waals surface area contributed by atoms with E-state index < -0.39 is 15.5 Å². The largest absolute Gasteiger partial charge is 0.511 e. The predicted molar refractivity (Wildman–Crippen MR) is 70.2 cm³/mol. The van der Waals surface area contributed by atoms with Crippen molar-refractivity contribution in [3.8, 4) is 0 Å². The van der Waals surface area contributed by atoms with E-state index >= 15 is 0 Å². The van der Waals surface area contributed by atoms with E-state index in [-0.39, 0.29) is 6.54 Å². The van der Waals surface area contributed by atoms with Gasteiger partial charge in [0.05, 0.1) is 0 Å². The van der Waals surface area contributed by atoms with Crippen molar-refractivity contribution in [2.45, 2.75) is 45.0 Å². The molecule has 118 valence electrons. The van der Waals surface area contributed by atoms with Crippen molar-refractivity contribution in [1.82, 2.24) is 4.72 Å². The molecule has 2 fully saturated rings. The monoisotopic (exact) mass is 313 g/mol. The Morgan fingerprint density at radius 1 is 1.15 bits per heavy atom. The van der Waals surface area contributed by atoms with Crippen LogP contribution in [0.3, 0.4) is 0 Å². The molecule has 2 bridgehead atoms. The Morgan fingerprint density at radius 2 is 1.80 bits per heavy atom. The van der Waals surface area contributed by atoms with Gasteiger partial charge in [-0.25, -0.2) is 13.1 Å². The van der Waals surface area contributed by atoms with Gasteiger partial charge in [0, 0.05) is 6.54 Å². The number of alkyl halides is 3. The molecule has 0 radical (unpaired) electrons. The molecule has 20 heavy (non-hydrogen) atoms. The number of fused-ring (bicyclic) bond motifs is 2. The molecule has 0 aromatic rings. The first-order chi connectivity index (χ1) is 9.13. The normalized spacial score (nSPS) is 37.5. The Bertz CT molecular complexity index is 447. The molecule has 5 unspecified atom stereocenters. The number of sulfonamides is 1. The van der Waals surface area contributed by atoms with Gasteiger partial charge in [-0.2, -0.15) is 13.2 Å². The summed E-state index contributed by atoms with van der Waals surface area (Å²) in [6.45, 7) is 4.41. The molecule has 2 rings (SSSR count). The average molecular weight is 313 g/mol. The highest BCUT2D eigenvalue weighted by molar-refractivity contribution is 7.90. The number of hydrogen-bond acceptors (Lipinski definition) is 2. The van der Waals surface area contributed by atoms with Crippen LogP contribution >= 0.6 is 0 Å². The molecule has 0 saturated heterocycles. The fraction of sp³-hybridized carbons (Fsp3) is 1.00. The summed E-state index contributed by atoms with van der Waals surface area (Å²) in [5, 5.41) is 0. The Hall–Kier alpha value is -0.300. The van der Waals surface area contributed by atoms with Crippen molar-refractivity contribution in [3.63, 3.8) is 0 Å². The number of rotatable bonds is 5. The van der Waals surface area contributed by atoms with Gasteiger partial charge in [-0.3, -0.25) is 0 Å². The Balaban J connectivity index is 1.74.